The Bertz CT molecular complexity index is 441. The summed E-state index contributed by atoms with van der Waals surface area (Å²) in [4.78, 5) is 0. The van der Waals surface area contributed by atoms with Crippen LogP contribution in [0.1, 0.15) is 49.8 Å². The maximum Gasteiger partial charge on any atom is 0.122 e. The molecular formula is C17H25NO2. The zero-order valence-corrected chi connectivity index (χ0v) is 12.4. The lowest BCUT2D eigenvalue weighted by Crippen LogP contribution is -2.25. The van der Waals surface area contributed by atoms with Crippen molar-refractivity contribution >= 4 is 0 Å². The second-order valence-corrected chi connectivity index (χ2v) is 5.77. The molecular weight excluding hydrogens is 250 g/mol. The lowest BCUT2D eigenvalue weighted by molar-refractivity contribution is 0.0675. The Morgan fingerprint density at radius 1 is 1.30 bits per heavy atom. The standard InChI is InChI=1S/C17H25NO2/c1-2-18-16-9-3-8-15-14(16)7-4-10-17(15)20-12-13-6-5-11-19-13/h4,7,10,13,16,18H,2-3,5-6,8-9,11-12H2,1H3. The van der Waals surface area contributed by atoms with Crippen molar-refractivity contribution in [3.63, 3.8) is 0 Å². The first-order chi connectivity index (χ1) is 9.88. The average molecular weight is 275 g/mol. The highest BCUT2D eigenvalue weighted by Gasteiger charge is 2.23. The summed E-state index contributed by atoms with van der Waals surface area (Å²) in [7, 11) is 0. The molecule has 110 valence electrons. The Labute approximate surface area is 121 Å². The number of ether oxygens (including phenoxy) is 2. The van der Waals surface area contributed by atoms with E-state index < -0.39 is 0 Å². The third-order valence-electron chi connectivity index (χ3n) is 4.36. The molecule has 3 nitrogen and oxygen atoms in total. The Morgan fingerprint density at radius 2 is 2.25 bits per heavy atom. The first-order valence-electron chi connectivity index (χ1n) is 7.98. The van der Waals surface area contributed by atoms with E-state index in [2.05, 4.69) is 30.4 Å². The molecule has 3 rings (SSSR count). The van der Waals surface area contributed by atoms with E-state index in [0.29, 0.717) is 18.8 Å². The third kappa shape index (κ3) is 2.99. The summed E-state index contributed by atoms with van der Waals surface area (Å²) in [6.45, 7) is 4.78. The molecule has 0 bridgehead atoms. The van der Waals surface area contributed by atoms with Crippen LogP contribution in [-0.2, 0) is 11.2 Å². The van der Waals surface area contributed by atoms with E-state index in [1.165, 1.54) is 30.4 Å². The van der Waals surface area contributed by atoms with Crippen molar-refractivity contribution in [2.45, 2.75) is 51.2 Å². The quantitative estimate of drug-likeness (QED) is 0.895. The van der Waals surface area contributed by atoms with Crippen LogP contribution >= 0.6 is 0 Å². The molecule has 20 heavy (non-hydrogen) atoms. The molecule has 2 unspecified atom stereocenters. The molecule has 1 aromatic carbocycles. The van der Waals surface area contributed by atoms with Gasteiger partial charge in [-0.25, -0.2) is 0 Å². The lowest BCUT2D eigenvalue weighted by atomic mass is 9.87. The molecule has 1 heterocycles. The molecule has 1 aliphatic heterocycles. The summed E-state index contributed by atoms with van der Waals surface area (Å²) in [6, 6.07) is 6.98. The van der Waals surface area contributed by atoms with E-state index in [0.717, 1.165) is 31.7 Å². The maximum atomic E-state index is 6.06. The number of benzene rings is 1. The fourth-order valence-corrected chi connectivity index (χ4v) is 3.37. The number of nitrogens with one attached hydrogen (secondary N) is 1. The molecule has 1 saturated heterocycles. The third-order valence-corrected chi connectivity index (χ3v) is 4.36. The van der Waals surface area contributed by atoms with Gasteiger partial charge in [-0.3, -0.25) is 0 Å². The fourth-order valence-electron chi connectivity index (χ4n) is 3.37. The van der Waals surface area contributed by atoms with Gasteiger partial charge in [0.2, 0.25) is 0 Å². The normalized spacial score (nSPS) is 25.4. The molecule has 3 heteroatoms. The molecule has 1 aromatic rings. The van der Waals surface area contributed by atoms with Gasteiger partial charge < -0.3 is 14.8 Å². The average Bonchev–Trinajstić information content (AvgIpc) is 2.99. The summed E-state index contributed by atoms with van der Waals surface area (Å²) in [5.41, 5.74) is 2.84. The van der Waals surface area contributed by atoms with Crippen molar-refractivity contribution in [1.29, 1.82) is 0 Å². The fraction of sp³-hybridized carbons (Fsp3) is 0.647. The molecule has 2 atom stereocenters. The Balaban J connectivity index is 1.72. The van der Waals surface area contributed by atoms with Crippen LogP contribution in [-0.4, -0.2) is 25.9 Å². The highest BCUT2D eigenvalue weighted by molar-refractivity contribution is 5.43. The number of hydrogen-bond donors (Lipinski definition) is 1. The van der Waals surface area contributed by atoms with Gasteiger partial charge in [0.25, 0.3) is 0 Å². The van der Waals surface area contributed by atoms with Gasteiger partial charge >= 0.3 is 0 Å². The molecule has 0 saturated carbocycles. The van der Waals surface area contributed by atoms with Crippen molar-refractivity contribution < 1.29 is 9.47 Å². The van der Waals surface area contributed by atoms with E-state index in [1.54, 1.807) is 0 Å². The van der Waals surface area contributed by atoms with E-state index >= 15 is 0 Å². The smallest absolute Gasteiger partial charge is 0.122 e. The number of hydrogen-bond acceptors (Lipinski definition) is 3. The van der Waals surface area contributed by atoms with Gasteiger partial charge in [0.15, 0.2) is 0 Å². The largest absolute Gasteiger partial charge is 0.491 e. The first-order valence-corrected chi connectivity index (χ1v) is 7.98. The summed E-state index contributed by atoms with van der Waals surface area (Å²) < 4.78 is 11.7. The summed E-state index contributed by atoms with van der Waals surface area (Å²) in [5, 5.41) is 3.58. The van der Waals surface area contributed by atoms with Gasteiger partial charge in [-0.15, -0.1) is 0 Å². The molecule has 0 radical (unpaired) electrons. The predicted molar refractivity (Wildman–Crippen MR) is 80.3 cm³/mol. The molecule has 1 N–H and O–H groups in total. The molecule has 1 fully saturated rings. The number of rotatable bonds is 5. The van der Waals surface area contributed by atoms with Crippen LogP contribution in [0.25, 0.3) is 0 Å². The van der Waals surface area contributed by atoms with Crippen LogP contribution in [0.3, 0.4) is 0 Å². The Morgan fingerprint density at radius 3 is 3.05 bits per heavy atom. The van der Waals surface area contributed by atoms with Gasteiger partial charge in [-0.1, -0.05) is 19.1 Å². The van der Waals surface area contributed by atoms with Crippen LogP contribution in [0.2, 0.25) is 0 Å². The van der Waals surface area contributed by atoms with Crippen molar-refractivity contribution in [2.75, 3.05) is 19.8 Å². The summed E-state index contributed by atoms with van der Waals surface area (Å²) >= 11 is 0. The van der Waals surface area contributed by atoms with Crippen LogP contribution in [0.4, 0.5) is 0 Å². The van der Waals surface area contributed by atoms with Crippen LogP contribution in [0.5, 0.6) is 5.75 Å². The summed E-state index contributed by atoms with van der Waals surface area (Å²) in [5.74, 6) is 1.07. The van der Waals surface area contributed by atoms with Gasteiger partial charge in [0.1, 0.15) is 12.4 Å². The van der Waals surface area contributed by atoms with Crippen molar-refractivity contribution in [3.05, 3.63) is 29.3 Å². The minimum Gasteiger partial charge on any atom is -0.491 e. The van der Waals surface area contributed by atoms with E-state index in [-0.39, 0.29) is 0 Å². The molecule has 0 amide bonds. The van der Waals surface area contributed by atoms with E-state index in [9.17, 15) is 0 Å². The molecule has 0 spiro atoms. The van der Waals surface area contributed by atoms with E-state index in [4.69, 9.17) is 9.47 Å². The Kier molecular flexibility index (Phi) is 4.58. The second-order valence-electron chi connectivity index (χ2n) is 5.77. The zero-order chi connectivity index (χ0) is 13.8. The van der Waals surface area contributed by atoms with Gasteiger partial charge in [-0.05, 0) is 55.8 Å². The van der Waals surface area contributed by atoms with Gasteiger partial charge in [0, 0.05) is 12.6 Å². The van der Waals surface area contributed by atoms with Gasteiger partial charge in [0.05, 0.1) is 6.10 Å². The van der Waals surface area contributed by atoms with Crippen molar-refractivity contribution in [1.82, 2.24) is 5.32 Å². The zero-order valence-electron chi connectivity index (χ0n) is 12.4. The van der Waals surface area contributed by atoms with E-state index in [1.807, 2.05) is 0 Å². The number of fused-ring (bicyclic) bond motifs is 1. The van der Waals surface area contributed by atoms with Crippen LogP contribution in [0.15, 0.2) is 18.2 Å². The first kappa shape index (κ1) is 13.9. The Hall–Kier alpha value is -1.06. The predicted octanol–water partition coefficient (Wildman–Crippen LogP) is 3.23. The maximum absolute atomic E-state index is 6.06. The minimum absolute atomic E-state index is 0.291. The lowest BCUT2D eigenvalue weighted by Gasteiger charge is -2.28. The SMILES string of the molecule is CCNC1CCCc2c(OCC3CCCO3)cccc21. The van der Waals surface area contributed by atoms with Crippen molar-refractivity contribution in [2.24, 2.45) is 0 Å². The molecule has 0 aromatic heterocycles. The van der Waals surface area contributed by atoms with Crippen LogP contribution in [0, 0.1) is 0 Å². The molecule has 1 aliphatic carbocycles. The topological polar surface area (TPSA) is 30.5 Å². The van der Waals surface area contributed by atoms with Crippen LogP contribution < -0.4 is 10.1 Å². The summed E-state index contributed by atoms with van der Waals surface area (Å²) in [6.07, 6.45) is 6.21. The minimum atomic E-state index is 0.291. The second kappa shape index (κ2) is 6.59. The highest BCUT2D eigenvalue weighted by atomic mass is 16.5. The van der Waals surface area contributed by atoms with Crippen molar-refractivity contribution in [3.8, 4) is 5.75 Å². The van der Waals surface area contributed by atoms with Gasteiger partial charge in [-0.2, -0.15) is 0 Å². The molecule has 2 aliphatic rings. The monoisotopic (exact) mass is 275 g/mol. The highest BCUT2D eigenvalue weighted by Crippen LogP contribution is 2.35.